The van der Waals surface area contributed by atoms with E-state index in [4.69, 9.17) is 11.5 Å². The molecule has 2 atom stereocenters. The third-order valence-electron chi connectivity index (χ3n) is 7.43. The van der Waals surface area contributed by atoms with Gasteiger partial charge in [0.15, 0.2) is 5.13 Å². The van der Waals surface area contributed by atoms with Gasteiger partial charge in [0.25, 0.3) is 0 Å². The van der Waals surface area contributed by atoms with Crippen molar-refractivity contribution in [1.82, 2.24) is 30.1 Å². The van der Waals surface area contributed by atoms with Gasteiger partial charge in [-0.05, 0) is 35.7 Å². The van der Waals surface area contributed by atoms with E-state index in [1.54, 1.807) is 26.9 Å². The number of amides is 4. The monoisotopic (exact) mass is 575 g/mol. The SMILES string of the molecule is CCCCNC(=O)N(CC#N)N1CC(=O)N2[C@@H](Cc3ccc(N)cc3)C(=O)N(Cc3cccc4sc(N)nc34)C[C@@H]21. The molecule has 2 aromatic carbocycles. The fourth-order valence-electron chi connectivity index (χ4n) is 5.43. The van der Waals surface area contributed by atoms with Crippen molar-refractivity contribution in [2.45, 2.75) is 44.9 Å². The van der Waals surface area contributed by atoms with Crippen LogP contribution in [0.1, 0.15) is 30.9 Å². The Morgan fingerprint density at radius 2 is 2.00 bits per heavy atom. The van der Waals surface area contributed by atoms with E-state index in [2.05, 4.69) is 10.3 Å². The number of benzene rings is 2. The van der Waals surface area contributed by atoms with Crippen LogP contribution >= 0.6 is 11.3 Å². The summed E-state index contributed by atoms with van der Waals surface area (Å²) in [6, 6.07) is 13.8. The van der Waals surface area contributed by atoms with Gasteiger partial charge in [-0.25, -0.2) is 14.8 Å². The molecule has 41 heavy (non-hydrogen) atoms. The molecule has 214 valence electrons. The summed E-state index contributed by atoms with van der Waals surface area (Å²) in [6.07, 6.45) is 1.34. The number of nitrogen functional groups attached to an aromatic ring is 2. The predicted octanol–water partition coefficient (Wildman–Crippen LogP) is 2.13. The number of unbranched alkanes of at least 4 members (excludes halogenated alkanes) is 1. The van der Waals surface area contributed by atoms with Crippen molar-refractivity contribution < 1.29 is 14.4 Å². The zero-order chi connectivity index (χ0) is 29.1. The number of piperazine rings is 1. The zero-order valence-electron chi connectivity index (χ0n) is 22.8. The van der Waals surface area contributed by atoms with Crippen molar-refractivity contribution in [3.8, 4) is 6.07 Å². The van der Waals surface area contributed by atoms with Crippen LogP contribution in [0.3, 0.4) is 0 Å². The number of carbonyl (C=O) groups is 3. The Labute approximate surface area is 242 Å². The third kappa shape index (κ3) is 5.75. The molecule has 2 saturated heterocycles. The third-order valence-corrected chi connectivity index (χ3v) is 8.28. The minimum absolute atomic E-state index is 0.120. The van der Waals surface area contributed by atoms with Crippen LogP contribution in [0.25, 0.3) is 10.2 Å². The van der Waals surface area contributed by atoms with Gasteiger partial charge in [0.2, 0.25) is 11.8 Å². The number of urea groups is 1. The van der Waals surface area contributed by atoms with Gasteiger partial charge >= 0.3 is 6.03 Å². The number of carbonyl (C=O) groups excluding carboxylic acids is 3. The first-order valence-electron chi connectivity index (χ1n) is 13.6. The largest absolute Gasteiger partial charge is 0.399 e. The average molecular weight is 576 g/mol. The zero-order valence-corrected chi connectivity index (χ0v) is 23.6. The van der Waals surface area contributed by atoms with E-state index >= 15 is 0 Å². The summed E-state index contributed by atoms with van der Waals surface area (Å²) in [4.78, 5) is 48.4. The number of nitrogens with one attached hydrogen (secondary N) is 1. The smallest absolute Gasteiger partial charge is 0.333 e. The highest BCUT2D eigenvalue weighted by molar-refractivity contribution is 7.22. The highest BCUT2D eigenvalue weighted by atomic mass is 32.1. The lowest BCUT2D eigenvalue weighted by molar-refractivity contribution is -0.157. The second-order valence-electron chi connectivity index (χ2n) is 10.2. The molecule has 0 radical (unpaired) electrons. The minimum Gasteiger partial charge on any atom is -0.399 e. The predicted molar refractivity (Wildman–Crippen MR) is 156 cm³/mol. The minimum atomic E-state index is -0.804. The molecule has 3 heterocycles. The van der Waals surface area contributed by atoms with Gasteiger partial charge in [-0.3, -0.25) is 9.59 Å². The van der Waals surface area contributed by atoms with E-state index in [1.165, 1.54) is 16.3 Å². The molecular weight excluding hydrogens is 542 g/mol. The number of anilines is 2. The molecule has 13 heteroatoms. The first kappa shape index (κ1) is 28.1. The van der Waals surface area contributed by atoms with Crippen molar-refractivity contribution in [2.24, 2.45) is 0 Å². The molecular formula is C28H33N9O3S. The average Bonchev–Trinajstić information content (AvgIpc) is 3.49. The van der Waals surface area contributed by atoms with E-state index in [1.807, 2.05) is 43.3 Å². The maximum Gasteiger partial charge on any atom is 0.333 e. The molecule has 0 spiro atoms. The maximum atomic E-state index is 14.0. The Kier molecular flexibility index (Phi) is 8.23. The maximum absolute atomic E-state index is 14.0. The second-order valence-corrected chi connectivity index (χ2v) is 11.2. The Morgan fingerprint density at radius 3 is 2.73 bits per heavy atom. The van der Waals surface area contributed by atoms with Crippen molar-refractivity contribution >= 4 is 50.2 Å². The number of nitrogens with zero attached hydrogens (tertiary/aromatic N) is 6. The van der Waals surface area contributed by atoms with Crippen molar-refractivity contribution in [1.29, 1.82) is 5.26 Å². The van der Waals surface area contributed by atoms with Crippen LogP contribution in [-0.2, 0) is 22.6 Å². The topological polar surface area (TPSA) is 165 Å². The first-order valence-corrected chi connectivity index (χ1v) is 14.4. The van der Waals surface area contributed by atoms with Gasteiger partial charge in [-0.2, -0.15) is 10.3 Å². The molecule has 2 aliphatic heterocycles. The molecule has 4 amide bonds. The van der Waals surface area contributed by atoms with Gasteiger partial charge in [0.05, 0.1) is 29.4 Å². The molecule has 0 aliphatic carbocycles. The standard InChI is InChI=1S/C28H33N9O3S/c1-2-3-12-32-28(40)35(13-11-29)36-17-24(38)37-21(14-18-7-9-20(30)10-8-18)26(39)34(16-23(36)37)15-19-5-4-6-22-25(19)33-27(31)41-22/h4-10,21,23H,2-3,12-17,30H2,1H3,(H2,31,33)(H,32,40)/t21-,23+/m0/s1. The van der Waals surface area contributed by atoms with Crippen LogP contribution in [0.5, 0.6) is 0 Å². The van der Waals surface area contributed by atoms with Crippen molar-refractivity contribution in [2.75, 3.05) is 37.6 Å². The molecule has 0 bridgehead atoms. The number of hydrogen-bond acceptors (Lipinski definition) is 9. The molecule has 3 aromatic rings. The first-order chi connectivity index (χ1) is 19.8. The van der Waals surface area contributed by atoms with Gasteiger partial charge in [0.1, 0.15) is 18.8 Å². The molecule has 1 aromatic heterocycles. The van der Waals surface area contributed by atoms with Gasteiger partial charge in [0, 0.05) is 25.2 Å². The molecule has 12 nitrogen and oxygen atoms in total. The number of aromatic nitrogens is 1. The molecule has 0 saturated carbocycles. The molecule has 0 unspecified atom stereocenters. The van der Waals surface area contributed by atoms with Crippen molar-refractivity contribution in [3.05, 3.63) is 53.6 Å². The number of thiazole rings is 1. The summed E-state index contributed by atoms with van der Waals surface area (Å²) in [5.41, 5.74) is 14.9. The Morgan fingerprint density at radius 1 is 1.22 bits per heavy atom. The number of fused-ring (bicyclic) bond motifs is 2. The van der Waals surface area contributed by atoms with Crippen LogP contribution < -0.4 is 16.8 Å². The number of rotatable bonds is 9. The van der Waals surface area contributed by atoms with Crippen LogP contribution in [0, 0.1) is 11.3 Å². The normalized spacial score (nSPS) is 18.9. The molecule has 5 N–H and O–H groups in total. The Hall–Kier alpha value is -4.41. The highest BCUT2D eigenvalue weighted by Gasteiger charge is 2.52. The lowest BCUT2D eigenvalue weighted by atomic mass is 9.99. The van der Waals surface area contributed by atoms with Crippen LogP contribution in [-0.4, -0.2) is 81.0 Å². The second kappa shape index (κ2) is 12.0. The quantitative estimate of drug-likeness (QED) is 0.198. The van der Waals surface area contributed by atoms with E-state index in [0.29, 0.717) is 17.4 Å². The summed E-state index contributed by atoms with van der Waals surface area (Å²) in [5, 5.41) is 15.7. The molecule has 2 aliphatic rings. The number of hydrazine groups is 1. The van der Waals surface area contributed by atoms with Crippen LogP contribution in [0.2, 0.25) is 0 Å². The number of nitrogens with two attached hydrogens (primary N) is 2. The van der Waals surface area contributed by atoms with E-state index in [0.717, 1.165) is 34.2 Å². The summed E-state index contributed by atoms with van der Waals surface area (Å²) in [6.45, 7) is 2.53. The fraction of sp³-hybridized carbons (Fsp3) is 0.393. The van der Waals surface area contributed by atoms with E-state index in [-0.39, 0.29) is 44.4 Å². The molecule has 5 rings (SSSR count). The summed E-state index contributed by atoms with van der Waals surface area (Å²) in [7, 11) is 0. The Balaban J connectivity index is 1.49. The van der Waals surface area contributed by atoms with E-state index in [9.17, 15) is 19.6 Å². The molecule has 2 fully saturated rings. The number of nitriles is 1. The van der Waals surface area contributed by atoms with Gasteiger partial charge in [-0.15, -0.1) is 0 Å². The lowest BCUT2D eigenvalue weighted by Crippen LogP contribution is -2.66. The van der Waals surface area contributed by atoms with E-state index < -0.39 is 18.2 Å². The summed E-state index contributed by atoms with van der Waals surface area (Å²) < 4.78 is 0.922. The van der Waals surface area contributed by atoms with Crippen molar-refractivity contribution in [3.63, 3.8) is 0 Å². The summed E-state index contributed by atoms with van der Waals surface area (Å²) in [5.74, 6) is -0.477. The fourth-order valence-corrected chi connectivity index (χ4v) is 6.22. The lowest BCUT2D eigenvalue weighted by Gasteiger charge is -2.46. The Bertz CT molecular complexity index is 1490. The highest BCUT2D eigenvalue weighted by Crippen LogP contribution is 2.32. The number of hydrogen-bond donors (Lipinski definition) is 3. The number of para-hydroxylation sites is 1. The van der Waals surface area contributed by atoms with Gasteiger partial charge in [-0.1, -0.05) is 48.9 Å². The summed E-state index contributed by atoms with van der Waals surface area (Å²) >= 11 is 1.38. The van der Waals surface area contributed by atoms with Gasteiger partial charge < -0.3 is 26.6 Å². The van der Waals surface area contributed by atoms with Crippen LogP contribution in [0.4, 0.5) is 15.6 Å². The van der Waals surface area contributed by atoms with Crippen LogP contribution in [0.15, 0.2) is 42.5 Å².